The van der Waals surface area contributed by atoms with E-state index in [0.717, 1.165) is 17.4 Å². The summed E-state index contributed by atoms with van der Waals surface area (Å²) in [5.41, 5.74) is 0. The van der Waals surface area contributed by atoms with Gasteiger partial charge < -0.3 is 4.74 Å². The van der Waals surface area contributed by atoms with Crippen molar-refractivity contribution in [1.29, 1.82) is 0 Å². The zero-order valence-corrected chi connectivity index (χ0v) is 9.38. The number of hydrogen-bond donors (Lipinski definition) is 0. The molecule has 1 saturated carbocycles. The second kappa shape index (κ2) is 3.89. The van der Waals surface area contributed by atoms with Crippen molar-refractivity contribution in [3.63, 3.8) is 0 Å². The van der Waals surface area contributed by atoms with Crippen LogP contribution in [0.2, 0.25) is 5.02 Å². The first-order valence-electron chi connectivity index (χ1n) is 4.28. The van der Waals surface area contributed by atoms with Crippen molar-refractivity contribution in [2.24, 2.45) is 5.92 Å². The zero-order chi connectivity index (χ0) is 9.26. The number of ether oxygens (including phenoxy) is 1. The highest BCUT2D eigenvalue weighted by Crippen LogP contribution is 2.37. The van der Waals surface area contributed by atoms with Gasteiger partial charge in [-0.25, -0.2) is 0 Å². The van der Waals surface area contributed by atoms with Crippen molar-refractivity contribution in [3.05, 3.63) is 29.3 Å². The van der Waals surface area contributed by atoms with Gasteiger partial charge in [-0.1, -0.05) is 27.5 Å². The van der Waals surface area contributed by atoms with E-state index in [-0.39, 0.29) is 0 Å². The van der Waals surface area contributed by atoms with Crippen LogP contribution in [0, 0.1) is 5.92 Å². The molecule has 0 aliphatic heterocycles. The summed E-state index contributed by atoms with van der Waals surface area (Å²) in [6.45, 7) is 0.803. The Morgan fingerprint density at radius 1 is 1.38 bits per heavy atom. The number of rotatable bonds is 3. The zero-order valence-electron chi connectivity index (χ0n) is 7.04. The van der Waals surface area contributed by atoms with Crippen LogP contribution in [0.4, 0.5) is 0 Å². The molecule has 1 aliphatic carbocycles. The van der Waals surface area contributed by atoms with E-state index in [9.17, 15) is 0 Å². The van der Waals surface area contributed by atoms with Crippen molar-refractivity contribution in [3.8, 4) is 5.75 Å². The fraction of sp³-hybridized carbons (Fsp3) is 0.400. The summed E-state index contributed by atoms with van der Waals surface area (Å²) in [6.07, 6.45) is 1.23. The SMILES string of the molecule is Clc1ccc(OC[C@@H]2C[C@H]2Br)cc1. The monoisotopic (exact) mass is 260 g/mol. The lowest BCUT2D eigenvalue weighted by Gasteiger charge is -2.04. The van der Waals surface area contributed by atoms with E-state index >= 15 is 0 Å². The molecule has 1 fully saturated rings. The predicted octanol–water partition coefficient (Wildman–Crippen LogP) is 3.50. The topological polar surface area (TPSA) is 9.23 Å². The molecule has 0 amide bonds. The Hall–Kier alpha value is -0.210. The van der Waals surface area contributed by atoms with Gasteiger partial charge in [0.05, 0.1) is 6.61 Å². The third-order valence-corrected chi connectivity index (χ3v) is 3.49. The van der Waals surface area contributed by atoms with Crippen LogP contribution in [0.3, 0.4) is 0 Å². The van der Waals surface area contributed by atoms with E-state index in [1.54, 1.807) is 0 Å². The van der Waals surface area contributed by atoms with E-state index in [0.29, 0.717) is 10.7 Å². The Balaban J connectivity index is 1.84. The van der Waals surface area contributed by atoms with Crippen LogP contribution in [-0.2, 0) is 0 Å². The highest BCUT2D eigenvalue weighted by atomic mass is 79.9. The summed E-state index contributed by atoms with van der Waals surface area (Å²) in [5.74, 6) is 1.59. The van der Waals surface area contributed by atoms with E-state index in [1.807, 2.05) is 24.3 Å². The smallest absolute Gasteiger partial charge is 0.119 e. The maximum absolute atomic E-state index is 5.75. The largest absolute Gasteiger partial charge is 0.493 e. The maximum atomic E-state index is 5.75. The fourth-order valence-corrected chi connectivity index (χ4v) is 1.88. The minimum absolute atomic E-state index is 0.666. The molecule has 70 valence electrons. The first-order valence-corrected chi connectivity index (χ1v) is 5.57. The molecule has 0 radical (unpaired) electrons. The highest BCUT2D eigenvalue weighted by Gasteiger charge is 2.34. The lowest BCUT2D eigenvalue weighted by molar-refractivity contribution is 0.300. The second-order valence-corrected chi connectivity index (χ2v) is 4.89. The Labute approximate surface area is 91.2 Å². The van der Waals surface area contributed by atoms with E-state index in [2.05, 4.69) is 15.9 Å². The summed E-state index contributed by atoms with van der Waals surface area (Å²) >= 11 is 9.28. The van der Waals surface area contributed by atoms with Crippen LogP contribution in [0.15, 0.2) is 24.3 Å². The van der Waals surface area contributed by atoms with Crippen LogP contribution < -0.4 is 4.74 Å². The van der Waals surface area contributed by atoms with Crippen molar-refractivity contribution < 1.29 is 4.74 Å². The standard InChI is InChI=1S/C10H10BrClO/c11-10-5-7(10)6-13-9-3-1-8(12)2-4-9/h1-4,7,10H,5-6H2/t7-,10+/m0/s1. The van der Waals surface area contributed by atoms with Crippen LogP contribution in [0.5, 0.6) is 5.75 Å². The molecule has 3 heteroatoms. The molecule has 2 atom stereocenters. The first kappa shape index (κ1) is 9.35. The number of hydrogen-bond acceptors (Lipinski definition) is 1. The molecule has 1 aromatic carbocycles. The summed E-state index contributed by atoms with van der Waals surface area (Å²) in [6, 6.07) is 7.48. The molecule has 0 bridgehead atoms. The molecule has 1 nitrogen and oxygen atoms in total. The van der Waals surface area contributed by atoms with Crippen LogP contribution in [-0.4, -0.2) is 11.4 Å². The minimum atomic E-state index is 0.666. The Bertz CT molecular complexity index is 285. The number of alkyl halides is 1. The van der Waals surface area contributed by atoms with Gasteiger partial charge >= 0.3 is 0 Å². The summed E-state index contributed by atoms with van der Waals surface area (Å²) < 4.78 is 5.57. The number of benzene rings is 1. The van der Waals surface area contributed by atoms with Crippen LogP contribution >= 0.6 is 27.5 Å². The molecular weight excluding hydrogens is 251 g/mol. The quantitative estimate of drug-likeness (QED) is 0.757. The third-order valence-electron chi connectivity index (χ3n) is 2.11. The molecule has 1 aromatic rings. The first-order chi connectivity index (χ1) is 6.25. The molecule has 0 heterocycles. The van der Waals surface area contributed by atoms with Gasteiger partial charge in [0, 0.05) is 15.8 Å². The molecule has 0 N–H and O–H groups in total. The van der Waals surface area contributed by atoms with Gasteiger partial charge in [0.2, 0.25) is 0 Å². The molecule has 1 aliphatic rings. The van der Waals surface area contributed by atoms with Gasteiger partial charge in [-0.15, -0.1) is 0 Å². The summed E-state index contributed by atoms with van der Waals surface area (Å²) in [4.78, 5) is 0.666. The second-order valence-electron chi connectivity index (χ2n) is 3.28. The lowest BCUT2D eigenvalue weighted by Crippen LogP contribution is -2.00. The summed E-state index contributed by atoms with van der Waals surface area (Å²) in [7, 11) is 0. The maximum Gasteiger partial charge on any atom is 0.119 e. The molecule has 0 aromatic heterocycles. The van der Waals surface area contributed by atoms with Crippen LogP contribution in [0.25, 0.3) is 0 Å². The van der Waals surface area contributed by atoms with Crippen LogP contribution in [0.1, 0.15) is 6.42 Å². The Kier molecular flexibility index (Phi) is 2.80. The average molecular weight is 262 g/mol. The van der Waals surface area contributed by atoms with E-state index in [1.165, 1.54) is 6.42 Å². The van der Waals surface area contributed by atoms with Crippen molar-refractivity contribution in [2.75, 3.05) is 6.61 Å². The molecule has 0 spiro atoms. The Morgan fingerprint density at radius 3 is 2.54 bits per heavy atom. The fourth-order valence-electron chi connectivity index (χ4n) is 1.12. The van der Waals surface area contributed by atoms with Gasteiger partial charge in [-0.05, 0) is 30.7 Å². The van der Waals surface area contributed by atoms with Gasteiger partial charge in [-0.2, -0.15) is 0 Å². The molecule has 0 unspecified atom stereocenters. The normalized spacial score (nSPS) is 25.7. The number of halogens is 2. The predicted molar refractivity (Wildman–Crippen MR) is 57.8 cm³/mol. The average Bonchev–Trinajstić information content (AvgIpc) is 2.81. The summed E-state index contributed by atoms with van der Waals surface area (Å²) in [5, 5.41) is 0.747. The molecular formula is C10H10BrClO. The highest BCUT2D eigenvalue weighted by molar-refractivity contribution is 9.09. The molecule has 2 rings (SSSR count). The van der Waals surface area contributed by atoms with Crippen molar-refractivity contribution >= 4 is 27.5 Å². The van der Waals surface area contributed by atoms with E-state index < -0.39 is 0 Å². The van der Waals surface area contributed by atoms with Gasteiger partial charge in [0.25, 0.3) is 0 Å². The Morgan fingerprint density at radius 2 is 2.00 bits per heavy atom. The minimum Gasteiger partial charge on any atom is -0.493 e. The van der Waals surface area contributed by atoms with Gasteiger partial charge in [0.15, 0.2) is 0 Å². The molecule has 0 saturated heterocycles. The van der Waals surface area contributed by atoms with Gasteiger partial charge in [0.1, 0.15) is 5.75 Å². The molecule has 13 heavy (non-hydrogen) atoms. The third kappa shape index (κ3) is 2.61. The van der Waals surface area contributed by atoms with Crippen molar-refractivity contribution in [2.45, 2.75) is 11.2 Å². The van der Waals surface area contributed by atoms with Crippen molar-refractivity contribution in [1.82, 2.24) is 0 Å². The lowest BCUT2D eigenvalue weighted by atomic mass is 10.3. The van der Waals surface area contributed by atoms with Gasteiger partial charge in [-0.3, -0.25) is 0 Å². The van der Waals surface area contributed by atoms with E-state index in [4.69, 9.17) is 16.3 Å².